The molecular weight excluding hydrogens is 174 g/mol. The van der Waals surface area contributed by atoms with Gasteiger partial charge in [-0.05, 0) is 0 Å². The number of hydrogen-bond acceptors (Lipinski definition) is 2. The van der Waals surface area contributed by atoms with Crippen LogP contribution in [0.25, 0.3) is 0 Å². The van der Waals surface area contributed by atoms with Gasteiger partial charge in [-0.2, -0.15) is 4.21 Å². The fourth-order valence-electron chi connectivity index (χ4n) is 0.172. The molecule has 0 amide bonds. The third-order valence-corrected chi connectivity index (χ3v) is 1.17. The summed E-state index contributed by atoms with van der Waals surface area (Å²) in [6, 6.07) is 0. The molecular formula is C3H5ClF2O2S. The maximum Gasteiger partial charge on any atom is 0.344 e. The van der Waals surface area contributed by atoms with Crippen LogP contribution in [-0.2, 0) is 15.6 Å². The van der Waals surface area contributed by atoms with Gasteiger partial charge in [0.15, 0.2) is 0 Å². The molecule has 0 bridgehead atoms. The summed E-state index contributed by atoms with van der Waals surface area (Å²) in [6.07, 6.45) is -1.45. The van der Waals surface area contributed by atoms with Crippen molar-refractivity contribution in [3.8, 4) is 0 Å². The summed E-state index contributed by atoms with van der Waals surface area (Å²) in [6.45, 7) is -0.563. The zero-order chi connectivity index (χ0) is 7.28. The van der Waals surface area contributed by atoms with Crippen molar-refractivity contribution in [2.45, 2.75) is 6.17 Å². The van der Waals surface area contributed by atoms with Crippen LogP contribution in [0, 0.1) is 0 Å². The molecule has 6 heteroatoms. The van der Waals surface area contributed by atoms with Crippen LogP contribution in [-0.4, -0.2) is 22.9 Å². The fraction of sp³-hybridized carbons (Fsp3) is 1.00. The summed E-state index contributed by atoms with van der Waals surface area (Å²) in [5, 5.41) is 0. The highest BCUT2D eigenvalue weighted by Crippen LogP contribution is 1.97. The highest BCUT2D eigenvalue weighted by Gasteiger charge is 2.06. The van der Waals surface area contributed by atoms with Crippen LogP contribution in [0.1, 0.15) is 0 Å². The van der Waals surface area contributed by atoms with Gasteiger partial charge >= 0.3 is 11.5 Å². The Morgan fingerprint density at radius 1 is 1.78 bits per heavy atom. The Kier molecular flexibility index (Phi) is 5.22. The SMILES string of the molecule is O=S(F)OCC(F)CCl. The van der Waals surface area contributed by atoms with Gasteiger partial charge in [0.05, 0.1) is 12.5 Å². The molecule has 2 atom stereocenters. The average molecular weight is 179 g/mol. The van der Waals surface area contributed by atoms with E-state index in [9.17, 15) is 12.5 Å². The summed E-state index contributed by atoms with van der Waals surface area (Å²) in [5.74, 6) is -0.281. The Labute approximate surface area is 59.1 Å². The Bertz CT molecular complexity index is 102. The van der Waals surface area contributed by atoms with Crippen molar-refractivity contribution in [3.05, 3.63) is 0 Å². The summed E-state index contributed by atoms with van der Waals surface area (Å²) in [5.41, 5.74) is 0. The van der Waals surface area contributed by atoms with E-state index in [0.717, 1.165) is 0 Å². The standard InChI is InChI=1S/C3H5ClF2O2S/c4-1-3(5)2-8-9(6)7/h3H,1-2H2. The number of rotatable bonds is 4. The zero-order valence-corrected chi connectivity index (χ0v) is 5.92. The molecule has 56 valence electrons. The van der Waals surface area contributed by atoms with Gasteiger partial charge in [0.2, 0.25) is 0 Å². The molecule has 9 heavy (non-hydrogen) atoms. The Hall–Kier alpha value is 0.260. The predicted molar refractivity (Wildman–Crippen MR) is 30.8 cm³/mol. The Morgan fingerprint density at radius 2 is 2.33 bits per heavy atom. The minimum Gasteiger partial charge on any atom is -0.262 e. The van der Waals surface area contributed by atoms with Gasteiger partial charge in [0.25, 0.3) is 0 Å². The van der Waals surface area contributed by atoms with Crippen LogP contribution in [0.5, 0.6) is 0 Å². The largest absolute Gasteiger partial charge is 0.344 e. The molecule has 0 heterocycles. The Balaban J connectivity index is 3.16. The quantitative estimate of drug-likeness (QED) is 0.477. The molecule has 0 spiro atoms. The number of hydrogen-bond donors (Lipinski definition) is 0. The topological polar surface area (TPSA) is 26.3 Å². The molecule has 0 aromatic rings. The van der Waals surface area contributed by atoms with E-state index in [2.05, 4.69) is 4.18 Å². The molecule has 0 aliphatic rings. The first-order chi connectivity index (χ1) is 4.16. The molecule has 2 nitrogen and oxygen atoms in total. The van der Waals surface area contributed by atoms with Crippen molar-refractivity contribution in [1.29, 1.82) is 0 Å². The van der Waals surface area contributed by atoms with Crippen molar-refractivity contribution in [2.75, 3.05) is 12.5 Å². The molecule has 0 aromatic heterocycles. The maximum absolute atomic E-state index is 11.9. The van der Waals surface area contributed by atoms with E-state index >= 15 is 0 Å². The van der Waals surface area contributed by atoms with E-state index in [0.29, 0.717) is 0 Å². The van der Waals surface area contributed by atoms with Gasteiger partial charge < -0.3 is 0 Å². The van der Waals surface area contributed by atoms with E-state index in [1.54, 1.807) is 0 Å². The molecule has 0 aromatic carbocycles. The van der Waals surface area contributed by atoms with Crippen LogP contribution < -0.4 is 0 Å². The van der Waals surface area contributed by atoms with Crippen LogP contribution >= 0.6 is 11.6 Å². The summed E-state index contributed by atoms with van der Waals surface area (Å²) in [4.78, 5) is 0. The first-order valence-corrected chi connectivity index (χ1v) is 3.59. The van der Waals surface area contributed by atoms with Gasteiger partial charge in [-0.3, -0.25) is 4.18 Å². The molecule has 0 fully saturated rings. The zero-order valence-electron chi connectivity index (χ0n) is 4.35. The lowest BCUT2D eigenvalue weighted by Gasteiger charge is -1.98. The fourth-order valence-corrected chi connectivity index (χ4v) is 0.516. The smallest absolute Gasteiger partial charge is 0.262 e. The second-order valence-electron chi connectivity index (χ2n) is 1.23. The molecule has 0 radical (unpaired) electrons. The van der Waals surface area contributed by atoms with Gasteiger partial charge in [-0.15, -0.1) is 15.5 Å². The molecule has 0 rings (SSSR count). The first-order valence-electron chi connectivity index (χ1n) is 2.08. The van der Waals surface area contributed by atoms with Gasteiger partial charge in [0, 0.05) is 0 Å². The van der Waals surface area contributed by atoms with E-state index in [4.69, 9.17) is 11.6 Å². The second-order valence-corrected chi connectivity index (χ2v) is 2.16. The van der Waals surface area contributed by atoms with Crippen molar-refractivity contribution in [2.24, 2.45) is 0 Å². The maximum atomic E-state index is 11.9. The lowest BCUT2D eigenvalue weighted by molar-refractivity contribution is 0.220. The lowest BCUT2D eigenvalue weighted by Crippen LogP contribution is -2.11. The normalized spacial score (nSPS) is 17.2. The number of alkyl halides is 2. The van der Waals surface area contributed by atoms with E-state index in [1.165, 1.54) is 0 Å². The average Bonchev–Trinajstić information content (AvgIpc) is 1.83. The third kappa shape index (κ3) is 6.14. The highest BCUT2D eigenvalue weighted by molar-refractivity contribution is 7.74. The van der Waals surface area contributed by atoms with Gasteiger partial charge in [0.1, 0.15) is 6.17 Å². The minimum absolute atomic E-state index is 0.281. The van der Waals surface area contributed by atoms with Gasteiger partial charge in [-0.25, -0.2) is 4.39 Å². The monoisotopic (exact) mass is 178 g/mol. The van der Waals surface area contributed by atoms with Crippen LogP contribution in [0.3, 0.4) is 0 Å². The molecule has 2 unspecified atom stereocenters. The lowest BCUT2D eigenvalue weighted by atomic mass is 10.5. The van der Waals surface area contributed by atoms with Crippen LogP contribution in [0.2, 0.25) is 0 Å². The van der Waals surface area contributed by atoms with E-state index in [-0.39, 0.29) is 5.88 Å². The summed E-state index contributed by atoms with van der Waals surface area (Å²) < 4.78 is 36.4. The molecule has 0 aliphatic carbocycles. The third-order valence-electron chi connectivity index (χ3n) is 0.509. The highest BCUT2D eigenvalue weighted by atomic mass is 35.5. The Morgan fingerprint density at radius 3 is 2.67 bits per heavy atom. The van der Waals surface area contributed by atoms with Crippen LogP contribution in [0.15, 0.2) is 0 Å². The number of halogens is 3. The van der Waals surface area contributed by atoms with Crippen molar-refractivity contribution in [1.82, 2.24) is 0 Å². The summed E-state index contributed by atoms with van der Waals surface area (Å²) in [7, 11) is 0. The van der Waals surface area contributed by atoms with E-state index < -0.39 is 24.2 Å². The van der Waals surface area contributed by atoms with Gasteiger partial charge in [-0.1, -0.05) is 0 Å². The molecule has 0 aliphatic heterocycles. The second kappa shape index (κ2) is 5.08. The van der Waals surface area contributed by atoms with E-state index in [1.807, 2.05) is 0 Å². The summed E-state index contributed by atoms with van der Waals surface area (Å²) >= 11 is 2.07. The molecule has 0 saturated carbocycles. The van der Waals surface area contributed by atoms with Crippen molar-refractivity contribution in [3.63, 3.8) is 0 Å². The molecule has 0 N–H and O–H groups in total. The van der Waals surface area contributed by atoms with Crippen molar-refractivity contribution < 1.29 is 16.7 Å². The minimum atomic E-state index is -2.89. The van der Waals surface area contributed by atoms with Crippen molar-refractivity contribution >= 4 is 23.1 Å². The van der Waals surface area contributed by atoms with Crippen LogP contribution in [0.4, 0.5) is 8.28 Å². The first kappa shape index (κ1) is 9.26. The predicted octanol–water partition coefficient (Wildman–Crippen LogP) is 1.13. The molecule has 0 saturated heterocycles.